The molecule has 4 nitrogen and oxygen atoms in total. The van der Waals surface area contributed by atoms with Crippen LogP contribution in [0.1, 0.15) is 10.6 Å². The fraction of sp³-hybridized carbons (Fsp3) is 0. The Labute approximate surface area is 163 Å². The van der Waals surface area contributed by atoms with Crippen molar-refractivity contribution < 1.29 is 13.6 Å². The van der Waals surface area contributed by atoms with E-state index in [1.165, 1.54) is 24.3 Å². The van der Waals surface area contributed by atoms with Crippen LogP contribution in [0.3, 0.4) is 0 Å². The quantitative estimate of drug-likeness (QED) is 0.560. The highest BCUT2D eigenvalue weighted by Gasteiger charge is 2.16. The van der Waals surface area contributed by atoms with Gasteiger partial charge in [0.2, 0.25) is 0 Å². The number of amides is 1. The zero-order valence-electron chi connectivity index (χ0n) is 13.1. The third kappa shape index (κ3) is 4.22. The minimum atomic E-state index is -0.552. The van der Waals surface area contributed by atoms with Gasteiger partial charge < -0.3 is 9.73 Å². The molecule has 26 heavy (non-hydrogen) atoms. The number of thiocarbonyl (C=S) groups is 1. The van der Waals surface area contributed by atoms with E-state index >= 15 is 0 Å². The molecule has 3 aromatic rings. The van der Waals surface area contributed by atoms with Gasteiger partial charge in [-0.2, -0.15) is 0 Å². The highest BCUT2D eigenvalue weighted by Crippen LogP contribution is 2.34. The summed E-state index contributed by atoms with van der Waals surface area (Å²) in [5.41, 5.74) is 0.986. The number of rotatable bonds is 3. The van der Waals surface area contributed by atoms with E-state index in [4.69, 9.17) is 39.8 Å². The topological polar surface area (TPSA) is 54.3 Å². The van der Waals surface area contributed by atoms with Crippen LogP contribution in [-0.2, 0) is 0 Å². The minimum absolute atomic E-state index is 0.0133. The molecular weight excluding hydrogens is 398 g/mol. The summed E-state index contributed by atoms with van der Waals surface area (Å²) < 4.78 is 18.7. The SMILES string of the molecule is O=C(NC(=S)Nc1cccc(F)c1)c1ccc(-c2cccc(Cl)c2Cl)o1. The van der Waals surface area contributed by atoms with E-state index in [9.17, 15) is 9.18 Å². The van der Waals surface area contributed by atoms with E-state index in [-0.39, 0.29) is 10.9 Å². The zero-order chi connectivity index (χ0) is 18.7. The van der Waals surface area contributed by atoms with E-state index in [0.717, 1.165) is 0 Å². The molecule has 0 bridgehead atoms. The number of benzene rings is 2. The average molecular weight is 409 g/mol. The van der Waals surface area contributed by atoms with Crippen molar-refractivity contribution in [3.05, 3.63) is 76.2 Å². The standard InChI is InChI=1S/C18H11Cl2FN2O2S/c19-13-6-2-5-12(16(13)20)14-7-8-15(25-14)17(24)23-18(26)22-11-4-1-3-10(21)9-11/h1-9H,(H2,22,23,24,26). The van der Waals surface area contributed by atoms with Crippen LogP contribution < -0.4 is 10.6 Å². The van der Waals surface area contributed by atoms with Crippen molar-refractivity contribution in [3.63, 3.8) is 0 Å². The summed E-state index contributed by atoms with van der Waals surface area (Å²) in [5, 5.41) is 5.91. The molecule has 1 amide bonds. The van der Waals surface area contributed by atoms with Gasteiger partial charge in [-0.25, -0.2) is 4.39 Å². The fourth-order valence-corrected chi connectivity index (χ4v) is 2.80. The number of carbonyl (C=O) groups excluding carboxylic acids is 1. The Balaban J connectivity index is 1.70. The Kier molecular flexibility index (Phi) is 5.56. The molecule has 0 radical (unpaired) electrons. The lowest BCUT2D eigenvalue weighted by molar-refractivity contribution is 0.0951. The maximum absolute atomic E-state index is 13.2. The molecule has 0 aliphatic rings. The Hall–Kier alpha value is -2.41. The number of furan rings is 1. The molecule has 0 fully saturated rings. The predicted octanol–water partition coefficient (Wildman–Crippen LogP) is 5.52. The summed E-state index contributed by atoms with van der Waals surface area (Å²) in [5.74, 6) is -0.535. The van der Waals surface area contributed by atoms with Crippen LogP contribution in [0.25, 0.3) is 11.3 Å². The van der Waals surface area contributed by atoms with Gasteiger partial charge in [0.1, 0.15) is 11.6 Å². The Bertz CT molecular complexity index is 991. The van der Waals surface area contributed by atoms with Gasteiger partial charge in [-0.3, -0.25) is 10.1 Å². The molecule has 0 saturated heterocycles. The maximum atomic E-state index is 13.2. The summed E-state index contributed by atoms with van der Waals surface area (Å²) in [6.07, 6.45) is 0. The number of hydrogen-bond donors (Lipinski definition) is 2. The van der Waals surface area contributed by atoms with Crippen molar-refractivity contribution in [1.29, 1.82) is 0 Å². The second kappa shape index (κ2) is 7.86. The van der Waals surface area contributed by atoms with Crippen molar-refractivity contribution in [2.24, 2.45) is 0 Å². The van der Waals surface area contributed by atoms with Crippen molar-refractivity contribution >= 4 is 52.1 Å². The third-order valence-electron chi connectivity index (χ3n) is 3.36. The summed E-state index contributed by atoms with van der Waals surface area (Å²) in [6, 6.07) is 13.9. The largest absolute Gasteiger partial charge is 0.451 e. The van der Waals surface area contributed by atoms with E-state index in [1.807, 2.05) is 0 Å². The van der Waals surface area contributed by atoms with Crippen LogP contribution in [0.5, 0.6) is 0 Å². The van der Waals surface area contributed by atoms with Gasteiger partial charge in [-0.05, 0) is 54.7 Å². The monoisotopic (exact) mass is 408 g/mol. The van der Waals surface area contributed by atoms with Gasteiger partial charge in [-0.15, -0.1) is 0 Å². The van der Waals surface area contributed by atoms with Gasteiger partial charge in [0, 0.05) is 11.3 Å². The van der Waals surface area contributed by atoms with Gasteiger partial charge in [-0.1, -0.05) is 35.3 Å². The molecule has 0 aliphatic carbocycles. The Morgan fingerprint density at radius 2 is 1.85 bits per heavy atom. The second-order valence-electron chi connectivity index (χ2n) is 5.18. The van der Waals surface area contributed by atoms with Gasteiger partial charge in [0.15, 0.2) is 10.9 Å². The molecule has 2 N–H and O–H groups in total. The number of carbonyl (C=O) groups is 1. The first-order valence-electron chi connectivity index (χ1n) is 7.36. The van der Waals surface area contributed by atoms with E-state index in [0.29, 0.717) is 27.1 Å². The predicted molar refractivity (Wildman–Crippen MR) is 104 cm³/mol. The summed E-state index contributed by atoms with van der Waals surface area (Å²) in [4.78, 5) is 12.2. The Morgan fingerprint density at radius 1 is 1.08 bits per heavy atom. The lowest BCUT2D eigenvalue weighted by Gasteiger charge is -2.08. The number of hydrogen-bond acceptors (Lipinski definition) is 3. The van der Waals surface area contributed by atoms with E-state index in [1.54, 1.807) is 30.3 Å². The Morgan fingerprint density at radius 3 is 2.62 bits per heavy atom. The second-order valence-corrected chi connectivity index (χ2v) is 6.38. The first-order valence-corrected chi connectivity index (χ1v) is 8.52. The average Bonchev–Trinajstić information content (AvgIpc) is 3.07. The molecule has 132 valence electrons. The van der Waals surface area contributed by atoms with Crippen molar-refractivity contribution in [1.82, 2.24) is 5.32 Å². The van der Waals surface area contributed by atoms with E-state index < -0.39 is 11.7 Å². The smallest absolute Gasteiger partial charge is 0.293 e. The summed E-state index contributed by atoms with van der Waals surface area (Å²) in [6.45, 7) is 0. The molecular formula is C18H11Cl2FN2O2S. The van der Waals surface area contributed by atoms with Crippen LogP contribution in [0.4, 0.5) is 10.1 Å². The van der Waals surface area contributed by atoms with Crippen molar-refractivity contribution in [3.8, 4) is 11.3 Å². The maximum Gasteiger partial charge on any atom is 0.293 e. The molecule has 1 heterocycles. The van der Waals surface area contributed by atoms with Gasteiger partial charge in [0.25, 0.3) is 5.91 Å². The normalized spacial score (nSPS) is 10.4. The van der Waals surface area contributed by atoms with Crippen molar-refractivity contribution in [2.75, 3.05) is 5.32 Å². The molecule has 0 spiro atoms. The zero-order valence-corrected chi connectivity index (χ0v) is 15.4. The molecule has 0 aliphatic heterocycles. The molecule has 2 aromatic carbocycles. The lowest BCUT2D eigenvalue weighted by atomic mass is 10.2. The third-order valence-corrected chi connectivity index (χ3v) is 4.38. The first-order chi connectivity index (χ1) is 12.4. The van der Waals surface area contributed by atoms with E-state index in [2.05, 4.69) is 10.6 Å². The molecule has 0 saturated carbocycles. The fourth-order valence-electron chi connectivity index (χ4n) is 2.19. The molecule has 1 aromatic heterocycles. The van der Waals surface area contributed by atoms with Crippen molar-refractivity contribution in [2.45, 2.75) is 0 Å². The molecule has 3 rings (SSSR count). The number of nitrogens with one attached hydrogen (secondary N) is 2. The number of anilines is 1. The first kappa shape index (κ1) is 18.4. The van der Waals surface area contributed by atoms with Crippen LogP contribution in [0.2, 0.25) is 10.0 Å². The summed E-state index contributed by atoms with van der Waals surface area (Å²) >= 11 is 17.2. The highest BCUT2D eigenvalue weighted by atomic mass is 35.5. The number of halogens is 3. The highest BCUT2D eigenvalue weighted by molar-refractivity contribution is 7.80. The summed E-state index contributed by atoms with van der Waals surface area (Å²) in [7, 11) is 0. The van der Waals surface area contributed by atoms with Crippen LogP contribution in [-0.4, -0.2) is 11.0 Å². The van der Waals surface area contributed by atoms with Crippen LogP contribution in [0, 0.1) is 5.82 Å². The molecule has 0 unspecified atom stereocenters. The lowest BCUT2D eigenvalue weighted by Crippen LogP contribution is -2.33. The molecule has 0 atom stereocenters. The van der Waals surface area contributed by atoms with Crippen LogP contribution >= 0.6 is 35.4 Å². The van der Waals surface area contributed by atoms with Gasteiger partial charge in [0.05, 0.1) is 10.0 Å². The molecule has 8 heteroatoms. The van der Waals surface area contributed by atoms with Crippen LogP contribution in [0.15, 0.2) is 59.0 Å². The van der Waals surface area contributed by atoms with Gasteiger partial charge >= 0.3 is 0 Å². The minimum Gasteiger partial charge on any atom is -0.451 e.